The molecule has 1 unspecified atom stereocenters. The second kappa shape index (κ2) is 1.74. The molecule has 0 aromatic rings. The van der Waals surface area contributed by atoms with E-state index in [2.05, 4.69) is 27.0 Å². The molecule has 1 fully saturated rings. The van der Waals surface area contributed by atoms with E-state index >= 15 is 0 Å². The van der Waals surface area contributed by atoms with E-state index in [-0.39, 0.29) is 5.54 Å². The van der Waals surface area contributed by atoms with Gasteiger partial charge in [0.25, 0.3) is 0 Å². The first-order chi connectivity index (χ1) is 4.73. The van der Waals surface area contributed by atoms with Gasteiger partial charge in [0, 0.05) is 4.48 Å². The molecule has 2 rings (SSSR count). The molecule has 1 heterocycles. The molecule has 1 spiro atoms. The number of hydrogen-bond donors (Lipinski definition) is 2. The van der Waals surface area contributed by atoms with Gasteiger partial charge in [-0.3, -0.25) is 5.41 Å². The lowest BCUT2D eigenvalue weighted by Crippen LogP contribution is -2.13. The molecule has 1 saturated heterocycles. The largest absolute Gasteiger partial charge is 0.355 e. The zero-order chi connectivity index (χ0) is 7.19. The van der Waals surface area contributed by atoms with Crippen LogP contribution in [-0.4, -0.2) is 11.4 Å². The van der Waals surface area contributed by atoms with Gasteiger partial charge >= 0.3 is 0 Å². The van der Waals surface area contributed by atoms with E-state index < -0.39 is 0 Å². The van der Waals surface area contributed by atoms with E-state index in [9.17, 15) is 0 Å². The maximum atomic E-state index is 7.31. The van der Waals surface area contributed by atoms with Crippen molar-refractivity contribution in [1.82, 2.24) is 5.32 Å². The van der Waals surface area contributed by atoms with Crippen LogP contribution in [0.2, 0.25) is 0 Å². The summed E-state index contributed by atoms with van der Waals surface area (Å²) in [6.45, 7) is 0. The Morgan fingerprint density at radius 3 is 2.90 bits per heavy atom. The number of hydrogen-bond acceptors (Lipinski definition) is 1. The van der Waals surface area contributed by atoms with Gasteiger partial charge in [-0.25, -0.2) is 0 Å². The van der Waals surface area contributed by atoms with Gasteiger partial charge in [-0.05, 0) is 34.8 Å². The maximum Gasteiger partial charge on any atom is 0.125 e. The maximum absolute atomic E-state index is 7.31. The van der Waals surface area contributed by atoms with Crippen molar-refractivity contribution in [3.8, 4) is 0 Å². The van der Waals surface area contributed by atoms with Crippen LogP contribution in [-0.2, 0) is 0 Å². The molecular weight excluding hydrogens is 192 g/mol. The van der Waals surface area contributed by atoms with Crippen molar-refractivity contribution in [2.75, 3.05) is 0 Å². The van der Waals surface area contributed by atoms with Crippen molar-refractivity contribution in [3.63, 3.8) is 0 Å². The average Bonchev–Trinajstić information content (AvgIpc) is 2.53. The second-order valence-electron chi connectivity index (χ2n) is 2.66. The quantitative estimate of drug-likeness (QED) is 0.451. The molecule has 2 nitrogen and oxygen atoms in total. The molecule has 0 saturated carbocycles. The Kier molecular flexibility index (Phi) is 1.08. The van der Waals surface area contributed by atoms with Crippen LogP contribution in [0.5, 0.6) is 0 Å². The predicted octanol–water partition coefficient (Wildman–Crippen LogP) is 1.53. The molecule has 1 aliphatic heterocycles. The highest BCUT2D eigenvalue weighted by atomic mass is 79.9. The molecule has 52 valence electrons. The fourth-order valence-electron chi connectivity index (χ4n) is 1.14. The van der Waals surface area contributed by atoms with Gasteiger partial charge in [-0.1, -0.05) is 0 Å². The molecule has 2 N–H and O–H groups in total. The number of amidine groups is 1. The number of rotatable bonds is 0. The molecule has 3 heteroatoms. The van der Waals surface area contributed by atoms with Crippen LogP contribution in [0.15, 0.2) is 16.3 Å². The smallest absolute Gasteiger partial charge is 0.125 e. The summed E-state index contributed by atoms with van der Waals surface area (Å²) < 4.78 is 1.11. The molecule has 0 amide bonds. The lowest BCUT2D eigenvalue weighted by molar-refractivity contribution is 0.696. The molecular formula is C7H7BrN2. The normalized spacial score (nSPS) is 35.7. The van der Waals surface area contributed by atoms with E-state index in [1.54, 1.807) is 0 Å². The average molecular weight is 199 g/mol. The summed E-state index contributed by atoms with van der Waals surface area (Å²) in [6.07, 6.45) is 3.92. The van der Waals surface area contributed by atoms with Gasteiger partial charge in [0.15, 0.2) is 0 Å². The van der Waals surface area contributed by atoms with Crippen LogP contribution in [0.3, 0.4) is 0 Å². The standard InChI is InChI=1S/C7H7BrN2/c8-5-1-3-7(4-2-5)6(9)10-7/h4H,1,3H2,(H2,9,10). The zero-order valence-electron chi connectivity index (χ0n) is 5.37. The van der Waals surface area contributed by atoms with Crippen molar-refractivity contribution in [2.24, 2.45) is 0 Å². The third-order valence-corrected chi connectivity index (χ3v) is 2.57. The second-order valence-corrected chi connectivity index (χ2v) is 3.62. The van der Waals surface area contributed by atoms with E-state index in [0.29, 0.717) is 5.84 Å². The van der Waals surface area contributed by atoms with Gasteiger partial charge in [0.1, 0.15) is 11.4 Å². The summed E-state index contributed by atoms with van der Waals surface area (Å²) in [6, 6.07) is 0. The Hall–Kier alpha value is -0.530. The molecule has 10 heavy (non-hydrogen) atoms. The lowest BCUT2D eigenvalue weighted by atomic mass is 9.99. The minimum Gasteiger partial charge on any atom is -0.355 e. The van der Waals surface area contributed by atoms with Gasteiger partial charge in [0.2, 0.25) is 0 Å². The van der Waals surface area contributed by atoms with E-state index in [4.69, 9.17) is 5.41 Å². The molecule has 2 aliphatic rings. The van der Waals surface area contributed by atoms with Crippen molar-refractivity contribution < 1.29 is 0 Å². The van der Waals surface area contributed by atoms with Crippen molar-refractivity contribution >= 4 is 21.8 Å². The third kappa shape index (κ3) is 0.746. The van der Waals surface area contributed by atoms with Gasteiger partial charge in [0.05, 0.1) is 0 Å². The Balaban J connectivity index is 2.33. The van der Waals surface area contributed by atoms with Crippen LogP contribution < -0.4 is 5.32 Å². The summed E-state index contributed by atoms with van der Waals surface area (Å²) in [5.74, 6) is 0.639. The Morgan fingerprint density at radius 1 is 1.80 bits per heavy atom. The first-order valence-corrected chi connectivity index (χ1v) is 4.02. The topological polar surface area (TPSA) is 45.8 Å². The summed E-state index contributed by atoms with van der Waals surface area (Å²) in [4.78, 5) is 0. The molecule has 0 aromatic carbocycles. The molecule has 0 bridgehead atoms. The Morgan fingerprint density at radius 2 is 2.50 bits per heavy atom. The van der Waals surface area contributed by atoms with Crippen LogP contribution in [0.25, 0.3) is 0 Å². The van der Waals surface area contributed by atoms with E-state index in [1.807, 2.05) is 6.08 Å². The SMILES string of the molecule is N=C1NC12C=C=C(Br)CC2. The third-order valence-electron chi connectivity index (χ3n) is 1.95. The fraction of sp³-hybridized carbons (Fsp3) is 0.429. The first-order valence-electron chi connectivity index (χ1n) is 3.22. The predicted molar refractivity (Wildman–Crippen MR) is 43.4 cm³/mol. The van der Waals surface area contributed by atoms with Crippen molar-refractivity contribution in [3.05, 3.63) is 16.3 Å². The molecule has 1 atom stereocenters. The first kappa shape index (κ1) is 6.20. The fourth-order valence-corrected chi connectivity index (χ4v) is 1.45. The highest BCUT2D eigenvalue weighted by molar-refractivity contribution is 9.11. The van der Waals surface area contributed by atoms with Crippen LogP contribution in [0.1, 0.15) is 12.8 Å². The summed E-state index contributed by atoms with van der Waals surface area (Å²) in [7, 11) is 0. The summed E-state index contributed by atoms with van der Waals surface area (Å²) >= 11 is 3.36. The number of nitrogens with one attached hydrogen (secondary N) is 2. The number of halogens is 1. The van der Waals surface area contributed by atoms with E-state index in [0.717, 1.165) is 17.3 Å². The molecule has 0 aromatic heterocycles. The summed E-state index contributed by atoms with van der Waals surface area (Å²) in [5, 5.41) is 10.3. The van der Waals surface area contributed by atoms with Crippen LogP contribution in [0.4, 0.5) is 0 Å². The monoisotopic (exact) mass is 198 g/mol. The van der Waals surface area contributed by atoms with Crippen LogP contribution in [0, 0.1) is 5.41 Å². The van der Waals surface area contributed by atoms with Crippen molar-refractivity contribution in [1.29, 1.82) is 5.41 Å². The zero-order valence-corrected chi connectivity index (χ0v) is 6.96. The molecule has 0 radical (unpaired) electrons. The van der Waals surface area contributed by atoms with Gasteiger partial charge in [-0.2, -0.15) is 0 Å². The highest BCUT2D eigenvalue weighted by Gasteiger charge is 2.47. The highest BCUT2D eigenvalue weighted by Crippen LogP contribution is 2.33. The Bertz CT molecular complexity index is 263. The van der Waals surface area contributed by atoms with Crippen LogP contribution >= 0.6 is 15.9 Å². The van der Waals surface area contributed by atoms with E-state index in [1.165, 1.54) is 0 Å². The lowest BCUT2D eigenvalue weighted by Gasteiger charge is -2.07. The minimum absolute atomic E-state index is 0.0860. The van der Waals surface area contributed by atoms with Crippen molar-refractivity contribution in [2.45, 2.75) is 18.4 Å². The van der Waals surface area contributed by atoms with Gasteiger partial charge in [-0.15, -0.1) is 5.73 Å². The Labute approximate surface area is 67.6 Å². The minimum atomic E-state index is -0.0860. The van der Waals surface area contributed by atoms with Gasteiger partial charge < -0.3 is 5.32 Å². The summed E-state index contributed by atoms with van der Waals surface area (Å²) in [5.41, 5.74) is 2.98. The molecule has 1 aliphatic carbocycles.